The minimum Gasteiger partial charge on any atom is -0.310 e. The predicted molar refractivity (Wildman–Crippen MR) is 231 cm³/mol. The van der Waals surface area contributed by atoms with Gasteiger partial charge in [0.05, 0.1) is 11.0 Å². The SMILES string of the molecule is c1ccc(-c2cccc(N(c3ccccc3)c3ccc4c(c3)c3ccccc3n4-c3ccc(-c4nc(-c5ccccc5)nc(-c5ccccc5)n4)cc3)c2)cc1. The predicted octanol–water partition coefficient (Wildman–Crippen LogP) is 13.1. The van der Waals surface area contributed by atoms with Gasteiger partial charge in [0.15, 0.2) is 17.5 Å². The van der Waals surface area contributed by atoms with Crippen molar-refractivity contribution in [3.05, 3.63) is 212 Å². The minimum atomic E-state index is 0.633. The number of benzene rings is 8. The first-order chi connectivity index (χ1) is 27.8. The molecule has 0 fully saturated rings. The molecule has 10 aromatic rings. The summed E-state index contributed by atoms with van der Waals surface area (Å²) in [5, 5.41) is 2.37. The van der Waals surface area contributed by atoms with Crippen molar-refractivity contribution in [2.24, 2.45) is 0 Å². The largest absolute Gasteiger partial charge is 0.310 e. The van der Waals surface area contributed by atoms with E-state index in [1.165, 1.54) is 21.9 Å². The third-order valence-electron chi connectivity index (χ3n) is 10.2. The molecule has 2 heterocycles. The highest BCUT2D eigenvalue weighted by molar-refractivity contribution is 6.10. The molecule has 8 aromatic carbocycles. The van der Waals surface area contributed by atoms with Gasteiger partial charge >= 0.3 is 0 Å². The van der Waals surface area contributed by atoms with E-state index in [1.54, 1.807) is 0 Å². The molecule has 10 rings (SSSR count). The van der Waals surface area contributed by atoms with E-state index in [2.05, 4.69) is 161 Å². The number of anilines is 3. The summed E-state index contributed by atoms with van der Waals surface area (Å²) in [5.41, 5.74) is 11.8. The van der Waals surface area contributed by atoms with Gasteiger partial charge in [-0.15, -0.1) is 0 Å². The molecule has 0 saturated heterocycles. The molecule has 5 nitrogen and oxygen atoms in total. The lowest BCUT2D eigenvalue weighted by Gasteiger charge is -2.26. The zero-order valence-electron chi connectivity index (χ0n) is 30.4. The topological polar surface area (TPSA) is 46.8 Å². The molecule has 0 amide bonds. The van der Waals surface area contributed by atoms with Crippen molar-refractivity contribution in [3.63, 3.8) is 0 Å². The number of hydrogen-bond donors (Lipinski definition) is 0. The summed E-state index contributed by atoms with van der Waals surface area (Å²) in [6, 6.07) is 74.1. The maximum Gasteiger partial charge on any atom is 0.164 e. The van der Waals surface area contributed by atoms with E-state index in [0.29, 0.717) is 17.5 Å². The van der Waals surface area contributed by atoms with Crippen LogP contribution in [0.3, 0.4) is 0 Å². The average molecular weight is 718 g/mol. The van der Waals surface area contributed by atoms with Crippen molar-refractivity contribution in [1.82, 2.24) is 19.5 Å². The van der Waals surface area contributed by atoms with E-state index in [0.717, 1.165) is 50.5 Å². The lowest BCUT2D eigenvalue weighted by molar-refractivity contribution is 1.07. The second kappa shape index (κ2) is 14.3. The number of aromatic nitrogens is 4. The minimum absolute atomic E-state index is 0.633. The summed E-state index contributed by atoms with van der Waals surface area (Å²) in [6.07, 6.45) is 0. The van der Waals surface area contributed by atoms with Gasteiger partial charge in [-0.2, -0.15) is 0 Å². The fraction of sp³-hybridized carbons (Fsp3) is 0. The van der Waals surface area contributed by atoms with Gasteiger partial charge in [0, 0.05) is 50.2 Å². The van der Waals surface area contributed by atoms with Gasteiger partial charge in [0.25, 0.3) is 0 Å². The van der Waals surface area contributed by atoms with E-state index >= 15 is 0 Å². The van der Waals surface area contributed by atoms with Crippen molar-refractivity contribution in [2.75, 3.05) is 4.90 Å². The molecule has 0 aliphatic heterocycles. The summed E-state index contributed by atoms with van der Waals surface area (Å²) in [7, 11) is 0. The number of nitrogens with zero attached hydrogens (tertiary/aromatic N) is 5. The van der Waals surface area contributed by atoms with Gasteiger partial charge in [0.1, 0.15) is 0 Å². The average Bonchev–Trinajstić information content (AvgIpc) is 3.61. The Kier molecular flexibility index (Phi) is 8.43. The van der Waals surface area contributed by atoms with Crippen molar-refractivity contribution >= 4 is 38.9 Å². The third kappa shape index (κ3) is 6.17. The first kappa shape index (κ1) is 33.0. The van der Waals surface area contributed by atoms with Crippen molar-refractivity contribution < 1.29 is 0 Å². The normalized spacial score (nSPS) is 11.2. The van der Waals surface area contributed by atoms with Gasteiger partial charge in [-0.05, 0) is 83.9 Å². The summed E-state index contributed by atoms with van der Waals surface area (Å²) < 4.78 is 2.35. The van der Waals surface area contributed by atoms with Crippen LogP contribution >= 0.6 is 0 Å². The van der Waals surface area contributed by atoms with Crippen LogP contribution in [0.15, 0.2) is 212 Å². The molecule has 0 spiro atoms. The maximum absolute atomic E-state index is 4.96. The van der Waals surface area contributed by atoms with Crippen LogP contribution in [0.25, 0.3) is 72.8 Å². The Labute approximate surface area is 325 Å². The van der Waals surface area contributed by atoms with E-state index in [1.807, 2.05) is 60.7 Å². The van der Waals surface area contributed by atoms with Crippen LogP contribution in [0.1, 0.15) is 0 Å². The van der Waals surface area contributed by atoms with Crippen LogP contribution in [0, 0.1) is 0 Å². The molecule has 0 unspecified atom stereocenters. The Morgan fingerprint density at radius 1 is 0.304 bits per heavy atom. The first-order valence-corrected chi connectivity index (χ1v) is 18.8. The second-order valence-corrected chi connectivity index (χ2v) is 13.7. The van der Waals surface area contributed by atoms with Crippen LogP contribution in [0.4, 0.5) is 17.1 Å². The summed E-state index contributed by atoms with van der Waals surface area (Å²) >= 11 is 0. The summed E-state index contributed by atoms with van der Waals surface area (Å²) in [4.78, 5) is 17.1. The Balaban J connectivity index is 1.07. The fourth-order valence-corrected chi connectivity index (χ4v) is 7.55. The van der Waals surface area contributed by atoms with Crippen molar-refractivity contribution in [2.45, 2.75) is 0 Å². The Morgan fingerprint density at radius 3 is 1.39 bits per heavy atom. The molecule has 0 aliphatic carbocycles. The standard InChI is InChI=1S/C51H35N5/c1-5-16-36(17-6-1)40-22-15-25-43(34-40)55(41-23-11-4-12-24-41)44-32-33-48-46(35-44)45-26-13-14-27-47(45)56(48)42-30-28-39(29-31-42)51-53-49(37-18-7-2-8-19-37)52-50(54-51)38-20-9-3-10-21-38/h1-35H. The van der Waals surface area contributed by atoms with Crippen LogP contribution < -0.4 is 4.90 Å². The molecule has 2 aromatic heterocycles. The lowest BCUT2D eigenvalue weighted by atomic mass is 10.0. The highest BCUT2D eigenvalue weighted by Crippen LogP contribution is 2.40. The van der Waals surface area contributed by atoms with Gasteiger partial charge in [0.2, 0.25) is 0 Å². The highest BCUT2D eigenvalue weighted by Gasteiger charge is 2.18. The van der Waals surface area contributed by atoms with Gasteiger partial charge in [-0.1, -0.05) is 140 Å². The molecule has 0 saturated carbocycles. The number of fused-ring (bicyclic) bond motifs is 3. The fourth-order valence-electron chi connectivity index (χ4n) is 7.55. The monoisotopic (exact) mass is 717 g/mol. The van der Waals surface area contributed by atoms with E-state index in [-0.39, 0.29) is 0 Å². The maximum atomic E-state index is 4.96. The van der Waals surface area contributed by atoms with Crippen LogP contribution in [0.2, 0.25) is 0 Å². The van der Waals surface area contributed by atoms with Crippen LogP contribution in [-0.4, -0.2) is 19.5 Å². The highest BCUT2D eigenvalue weighted by atomic mass is 15.1. The molecule has 0 aliphatic rings. The third-order valence-corrected chi connectivity index (χ3v) is 10.2. The first-order valence-electron chi connectivity index (χ1n) is 18.8. The molecule has 0 radical (unpaired) electrons. The van der Waals surface area contributed by atoms with Crippen molar-refractivity contribution in [1.29, 1.82) is 0 Å². The van der Waals surface area contributed by atoms with Crippen LogP contribution in [-0.2, 0) is 0 Å². The Morgan fingerprint density at radius 2 is 0.768 bits per heavy atom. The van der Waals surface area contributed by atoms with E-state index in [4.69, 9.17) is 15.0 Å². The van der Waals surface area contributed by atoms with Crippen LogP contribution in [0.5, 0.6) is 0 Å². The number of para-hydroxylation sites is 2. The van der Waals surface area contributed by atoms with E-state index in [9.17, 15) is 0 Å². The number of hydrogen-bond acceptors (Lipinski definition) is 4. The quantitative estimate of drug-likeness (QED) is 0.157. The van der Waals surface area contributed by atoms with Gasteiger partial charge in [-0.3, -0.25) is 0 Å². The molecule has 5 heteroatoms. The molecule has 0 atom stereocenters. The Hall–Kier alpha value is -7.63. The zero-order valence-corrected chi connectivity index (χ0v) is 30.4. The lowest BCUT2D eigenvalue weighted by Crippen LogP contribution is -2.09. The summed E-state index contributed by atoms with van der Waals surface area (Å²) in [5.74, 6) is 1.93. The van der Waals surface area contributed by atoms with E-state index < -0.39 is 0 Å². The van der Waals surface area contributed by atoms with Gasteiger partial charge in [-0.25, -0.2) is 15.0 Å². The van der Waals surface area contributed by atoms with Crippen molar-refractivity contribution in [3.8, 4) is 51.0 Å². The molecular formula is C51H35N5. The smallest absolute Gasteiger partial charge is 0.164 e. The summed E-state index contributed by atoms with van der Waals surface area (Å²) in [6.45, 7) is 0. The molecular weight excluding hydrogens is 683 g/mol. The molecule has 264 valence electrons. The molecule has 0 N–H and O–H groups in total. The molecule has 56 heavy (non-hydrogen) atoms. The zero-order chi connectivity index (χ0) is 37.3. The Bertz CT molecular complexity index is 2880. The second-order valence-electron chi connectivity index (χ2n) is 13.7. The molecule has 0 bridgehead atoms. The van der Waals surface area contributed by atoms with Gasteiger partial charge < -0.3 is 9.47 Å². The number of rotatable bonds is 8.